The highest BCUT2D eigenvalue weighted by molar-refractivity contribution is 5.73. The second-order valence-electron chi connectivity index (χ2n) is 20.3. The molecule has 1 aromatic carbocycles. The first-order valence-corrected chi connectivity index (χ1v) is 25.9. The van der Waals surface area contributed by atoms with Crippen LogP contribution in [0.4, 0.5) is 4.39 Å². The molecule has 2 N–H and O–H groups in total. The van der Waals surface area contributed by atoms with Crippen LogP contribution in [-0.4, -0.2) is 197 Å². The fraction of sp³-hybridized carbons (Fsp3) is 0.731. The van der Waals surface area contributed by atoms with Gasteiger partial charge in [-0.05, 0) is 102 Å². The third kappa shape index (κ3) is 16.8. The molecule has 5 unspecified atom stereocenters. The normalized spacial score (nSPS) is 33.9. The van der Waals surface area contributed by atoms with Gasteiger partial charge in [0.1, 0.15) is 49.0 Å². The van der Waals surface area contributed by atoms with Crippen LogP contribution in [0, 0.1) is 17.7 Å². The van der Waals surface area contributed by atoms with E-state index in [-0.39, 0.29) is 50.6 Å². The van der Waals surface area contributed by atoms with Crippen molar-refractivity contribution >= 4 is 36.2 Å². The predicted octanol–water partition coefficient (Wildman–Crippen LogP) is 3.75. The van der Waals surface area contributed by atoms with Crippen LogP contribution in [0.1, 0.15) is 112 Å². The molecule has 0 radical (unpaired) electrons. The van der Waals surface area contributed by atoms with Gasteiger partial charge < -0.3 is 67.4 Å². The maximum atomic E-state index is 15.2. The van der Waals surface area contributed by atoms with E-state index >= 15 is 4.39 Å². The molecule has 0 bridgehead atoms. The first-order valence-electron chi connectivity index (χ1n) is 25.9. The summed E-state index contributed by atoms with van der Waals surface area (Å²) in [4.78, 5) is 68.6. The van der Waals surface area contributed by atoms with E-state index < -0.39 is 133 Å². The Balaban J connectivity index is 1.45. The minimum absolute atomic E-state index is 0.0421. The van der Waals surface area contributed by atoms with Gasteiger partial charge in [-0.1, -0.05) is 32.9 Å². The monoisotopic (exact) mass is 1060 g/mol. The lowest BCUT2D eigenvalue weighted by molar-refractivity contribution is -0.344. The number of tetrazole rings is 1. The topological polar surface area (TPSA) is 259 Å². The number of esters is 4. The van der Waals surface area contributed by atoms with Crippen molar-refractivity contribution < 1.29 is 81.2 Å². The zero-order valence-corrected chi connectivity index (χ0v) is 45.2. The van der Waals surface area contributed by atoms with Gasteiger partial charge in [0, 0.05) is 64.3 Å². The van der Waals surface area contributed by atoms with Crippen LogP contribution in [0.5, 0.6) is 0 Å². The van der Waals surface area contributed by atoms with Crippen LogP contribution in [-0.2, 0) is 66.6 Å². The van der Waals surface area contributed by atoms with Crippen molar-refractivity contribution in [3.05, 3.63) is 42.0 Å². The number of methoxy groups -OCH3 is 1. The Morgan fingerprint density at radius 3 is 2.35 bits per heavy atom. The van der Waals surface area contributed by atoms with Crippen molar-refractivity contribution in [2.45, 2.75) is 192 Å². The van der Waals surface area contributed by atoms with Crippen molar-refractivity contribution in [2.24, 2.45) is 11.8 Å². The number of aliphatic hydroxyl groups excluding tert-OH is 2. The third-order valence-corrected chi connectivity index (χ3v) is 14.1. The SMILES string of the molecule is CCC(=O)O[C@@H]1CC(=O)O[C@@H](CC=Cc2ccc(-n3cnnn3)cc2F)CCCN(C)C[C@H](O)[C@H](C)C[C@H](CC=O)[C@H](O[C@@H]2OC(C)[C@@H](O[C@H]3CC(C)(OC(C)=O)[C@@H](OC(=O)CC)C(C)O3)C(N(C)C)C2O)[C@H]1OC. The van der Waals surface area contributed by atoms with E-state index in [0.717, 1.165) is 0 Å². The number of nitrogens with zero attached hydrogens (tertiary/aromatic N) is 6. The van der Waals surface area contributed by atoms with Gasteiger partial charge in [0.2, 0.25) is 0 Å². The summed E-state index contributed by atoms with van der Waals surface area (Å²) in [6, 6.07) is 3.68. The number of cyclic esters (lactones) is 1. The maximum absolute atomic E-state index is 15.2. The van der Waals surface area contributed by atoms with Crippen LogP contribution in [0.2, 0.25) is 0 Å². The van der Waals surface area contributed by atoms with Gasteiger partial charge in [-0.2, -0.15) is 0 Å². The molecular formula is C52H79FN6O16. The molecule has 420 valence electrons. The average Bonchev–Trinajstić information content (AvgIpc) is 3.89. The number of benzene rings is 1. The molecule has 0 spiro atoms. The van der Waals surface area contributed by atoms with Crippen molar-refractivity contribution in [3.8, 4) is 5.69 Å². The summed E-state index contributed by atoms with van der Waals surface area (Å²) in [5.41, 5.74) is -0.640. The third-order valence-electron chi connectivity index (χ3n) is 14.1. The lowest BCUT2D eigenvalue weighted by Gasteiger charge is -2.50. The summed E-state index contributed by atoms with van der Waals surface area (Å²) in [6.07, 6.45) is -6.81. The summed E-state index contributed by atoms with van der Waals surface area (Å²) in [5.74, 6) is -4.21. The minimum Gasteiger partial charge on any atom is -0.462 e. The van der Waals surface area contributed by atoms with Gasteiger partial charge in [0.25, 0.3) is 0 Å². The van der Waals surface area contributed by atoms with Crippen molar-refractivity contribution in [2.75, 3.05) is 41.3 Å². The Labute approximate surface area is 438 Å². The molecule has 3 fully saturated rings. The number of aromatic nitrogens is 4. The summed E-state index contributed by atoms with van der Waals surface area (Å²) in [7, 11) is 6.68. The Kier molecular flexibility index (Phi) is 23.2. The fourth-order valence-corrected chi connectivity index (χ4v) is 10.3. The molecule has 3 aliphatic rings. The summed E-state index contributed by atoms with van der Waals surface area (Å²) in [5, 5.41) is 35.0. The number of carbonyl (C=O) groups is 5. The highest BCUT2D eigenvalue weighted by Gasteiger charge is 2.54. The van der Waals surface area contributed by atoms with E-state index in [2.05, 4.69) is 15.5 Å². The maximum Gasteiger partial charge on any atom is 0.309 e. The number of rotatable bonds is 17. The van der Waals surface area contributed by atoms with Crippen LogP contribution in [0.25, 0.3) is 11.8 Å². The Bertz CT molecular complexity index is 2190. The van der Waals surface area contributed by atoms with E-state index in [1.54, 1.807) is 77.9 Å². The molecule has 23 heteroatoms. The van der Waals surface area contributed by atoms with E-state index in [1.807, 2.05) is 18.9 Å². The molecule has 5 rings (SSSR count). The Morgan fingerprint density at radius 2 is 1.72 bits per heavy atom. The van der Waals surface area contributed by atoms with E-state index in [0.29, 0.717) is 31.4 Å². The molecule has 16 atom stereocenters. The number of hydrogen-bond acceptors (Lipinski definition) is 21. The van der Waals surface area contributed by atoms with Gasteiger partial charge in [0.05, 0.1) is 42.6 Å². The summed E-state index contributed by atoms with van der Waals surface area (Å²) >= 11 is 0. The van der Waals surface area contributed by atoms with Gasteiger partial charge in [-0.3, -0.25) is 19.2 Å². The van der Waals surface area contributed by atoms with Crippen LogP contribution in [0.3, 0.4) is 0 Å². The lowest BCUT2D eigenvalue weighted by atomic mass is 9.82. The largest absolute Gasteiger partial charge is 0.462 e. The Hall–Kier alpha value is -4.85. The van der Waals surface area contributed by atoms with Crippen LogP contribution in [0.15, 0.2) is 30.6 Å². The molecular weight excluding hydrogens is 984 g/mol. The predicted molar refractivity (Wildman–Crippen MR) is 266 cm³/mol. The molecule has 75 heavy (non-hydrogen) atoms. The van der Waals surface area contributed by atoms with Gasteiger partial charge >= 0.3 is 23.9 Å². The first kappa shape index (κ1) is 61.0. The number of ether oxygens (including phenoxy) is 9. The van der Waals surface area contributed by atoms with Crippen LogP contribution >= 0.6 is 0 Å². The molecule has 2 aromatic rings. The molecule has 3 saturated heterocycles. The second kappa shape index (κ2) is 28.5. The quantitative estimate of drug-likeness (QED) is 0.130. The number of hydrogen-bond donors (Lipinski definition) is 2. The molecule has 0 saturated carbocycles. The van der Waals surface area contributed by atoms with Gasteiger partial charge in [0.15, 0.2) is 24.3 Å². The molecule has 3 aliphatic heterocycles. The standard InChI is InChI=1S/C52H79FN6O16/c1-12-41(63)71-40-26-43(65)70-37(17-14-16-34-19-20-36(25-38(34)53)59-29-54-55-56-59)18-15-22-58(10)28-39(62)30(3)24-35(21-23-60)48(49(40)67-11)74-51-46(66)45(57(8)9)47(31(4)69-51)73-44-27-52(7,75-33(6)61)50(32(5)68-44)72-42(64)13-2/h14,16,19-20,23,25,29-32,35,37,39-40,44-51,62,66H,12-13,15,17-18,21-22,24,26-28H2,1-11H3/t30-,31?,32?,35+,37+,39+,40-,44+,45?,46?,47-,48+,49+,50+,51+,52?/m1/s1. The van der Waals surface area contributed by atoms with Crippen molar-refractivity contribution in [3.63, 3.8) is 0 Å². The number of aliphatic hydroxyl groups is 2. The minimum atomic E-state index is -1.47. The lowest BCUT2D eigenvalue weighted by Crippen LogP contribution is -2.66. The zero-order valence-electron chi connectivity index (χ0n) is 45.2. The van der Waals surface area contributed by atoms with Gasteiger partial charge in [-0.15, -0.1) is 5.10 Å². The number of carbonyl (C=O) groups excluding carboxylic acids is 5. The molecule has 22 nitrogen and oxygen atoms in total. The number of halogens is 1. The molecule has 0 aliphatic carbocycles. The fourth-order valence-electron chi connectivity index (χ4n) is 10.3. The average molecular weight is 1060 g/mol. The number of β-amino-alcohol motifs (C(OH)–C–C–N with tert-alkyl or cyclic N) is 1. The number of aldehydes is 1. The highest BCUT2D eigenvalue weighted by Crippen LogP contribution is 2.39. The van der Waals surface area contributed by atoms with Crippen LogP contribution < -0.4 is 0 Å². The van der Waals surface area contributed by atoms with Crippen molar-refractivity contribution in [1.82, 2.24) is 30.0 Å². The molecule has 1 aromatic heterocycles. The molecule has 4 heterocycles. The zero-order chi connectivity index (χ0) is 55.1. The second-order valence-corrected chi connectivity index (χ2v) is 20.3. The first-order chi connectivity index (χ1) is 35.6. The van der Waals surface area contributed by atoms with Crippen molar-refractivity contribution in [1.29, 1.82) is 0 Å². The molecule has 0 amide bonds. The number of likely N-dealkylation sites (N-methyl/N-ethyl adjacent to an activating group) is 2. The summed E-state index contributed by atoms with van der Waals surface area (Å²) < 4.78 is 72.5. The van der Waals surface area contributed by atoms with E-state index in [9.17, 15) is 34.2 Å². The van der Waals surface area contributed by atoms with E-state index in [1.165, 1.54) is 31.1 Å². The smallest absolute Gasteiger partial charge is 0.309 e. The highest BCUT2D eigenvalue weighted by atomic mass is 19.1. The van der Waals surface area contributed by atoms with Gasteiger partial charge in [-0.25, -0.2) is 9.07 Å². The van der Waals surface area contributed by atoms with E-state index in [4.69, 9.17) is 42.6 Å². The Morgan fingerprint density at radius 1 is 1.00 bits per heavy atom. The summed E-state index contributed by atoms with van der Waals surface area (Å²) in [6.45, 7) is 12.2.